The molecule has 2 unspecified atom stereocenters. The number of anilines is 1. The van der Waals surface area contributed by atoms with Crippen molar-refractivity contribution in [1.29, 1.82) is 0 Å². The largest absolute Gasteiger partial charge is 0.391 e. The lowest BCUT2D eigenvalue weighted by atomic mass is 10.00. The number of hydrogen-bond acceptors (Lipinski definition) is 4. The molecule has 5 heteroatoms. The zero-order chi connectivity index (χ0) is 14.7. The molecule has 0 radical (unpaired) electrons. The van der Waals surface area contributed by atoms with Crippen LogP contribution >= 0.6 is 12.4 Å². The lowest BCUT2D eigenvalue weighted by molar-refractivity contribution is 0.140. The summed E-state index contributed by atoms with van der Waals surface area (Å²) in [6.07, 6.45) is 0.481. The second-order valence-corrected chi connectivity index (χ2v) is 5.77. The van der Waals surface area contributed by atoms with Gasteiger partial charge in [-0.25, -0.2) is 4.98 Å². The van der Waals surface area contributed by atoms with E-state index in [0.29, 0.717) is 5.82 Å². The standard InChI is InChI=1S/C17H21N3O.ClH/c18-17-8-4-7-15(19-17)9-14-11-20(12-16(14)21)10-13-5-2-1-3-6-13;/h1-8,14,16,21H,9-12H2,(H2,18,19);1H. The summed E-state index contributed by atoms with van der Waals surface area (Å²) in [4.78, 5) is 6.63. The molecule has 1 aromatic heterocycles. The van der Waals surface area contributed by atoms with Gasteiger partial charge in [-0.3, -0.25) is 4.90 Å². The van der Waals surface area contributed by atoms with Crippen LogP contribution < -0.4 is 5.73 Å². The minimum absolute atomic E-state index is 0. The third-order valence-corrected chi connectivity index (χ3v) is 4.03. The Morgan fingerprint density at radius 3 is 2.59 bits per heavy atom. The van der Waals surface area contributed by atoms with Crippen LogP contribution in [0.4, 0.5) is 5.82 Å². The lowest BCUT2D eigenvalue weighted by Gasteiger charge is -2.15. The number of rotatable bonds is 4. The van der Waals surface area contributed by atoms with Gasteiger partial charge in [0.1, 0.15) is 5.82 Å². The first-order chi connectivity index (χ1) is 10.2. The van der Waals surface area contributed by atoms with Gasteiger partial charge in [0.2, 0.25) is 0 Å². The molecule has 2 atom stereocenters. The van der Waals surface area contributed by atoms with Crippen molar-refractivity contribution in [3.8, 4) is 0 Å². The molecule has 3 rings (SSSR count). The first-order valence-electron chi connectivity index (χ1n) is 7.36. The average Bonchev–Trinajstić information content (AvgIpc) is 2.80. The Bertz CT molecular complexity index is 593. The summed E-state index contributed by atoms with van der Waals surface area (Å²) in [5.41, 5.74) is 7.96. The van der Waals surface area contributed by atoms with Gasteiger partial charge in [-0.2, -0.15) is 0 Å². The number of nitrogen functional groups attached to an aromatic ring is 1. The summed E-state index contributed by atoms with van der Waals surface area (Å²) in [5.74, 6) is 0.768. The molecule has 0 amide bonds. The molecule has 2 heterocycles. The maximum absolute atomic E-state index is 10.3. The average molecular weight is 320 g/mol. The molecule has 0 bridgehead atoms. The third-order valence-electron chi connectivity index (χ3n) is 4.03. The first-order valence-corrected chi connectivity index (χ1v) is 7.36. The Kier molecular flexibility index (Phi) is 5.77. The van der Waals surface area contributed by atoms with Crippen LogP contribution in [-0.2, 0) is 13.0 Å². The van der Waals surface area contributed by atoms with Crippen LogP contribution in [0, 0.1) is 5.92 Å². The second kappa shape index (κ2) is 7.58. The molecule has 0 spiro atoms. The van der Waals surface area contributed by atoms with Gasteiger partial charge in [-0.1, -0.05) is 36.4 Å². The highest BCUT2D eigenvalue weighted by molar-refractivity contribution is 5.85. The molecule has 0 saturated carbocycles. The monoisotopic (exact) mass is 319 g/mol. The fourth-order valence-corrected chi connectivity index (χ4v) is 2.99. The van der Waals surface area contributed by atoms with Crippen molar-refractivity contribution in [3.05, 3.63) is 59.8 Å². The van der Waals surface area contributed by atoms with E-state index in [-0.39, 0.29) is 24.4 Å². The van der Waals surface area contributed by atoms with Gasteiger partial charge in [0.15, 0.2) is 0 Å². The van der Waals surface area contributed by atoms with Gasteiger partial charge in [-0.15, -0.1) is 12.4 Å². The summed E-state index contributed by atoms with van der Waals surface area (Å²) >= 11 is 0. The lowest BCUT2D eigenvalue weighted by Crippen LogP contribution is -2.21. The van der Waals surface area contributed by atoms with Crippen molar-refractivity contribution in [2.24, 2.45) is 5.92 Å². The number of halogens is 1. The van der Waals surface area contributed by atoms with Crippen LogP contribution in [0.25, 0.3) is 0 Å². The Hall–Kier alpha value is -1.62. The molecule has 2 aromatic rings. The number of nitrogens with zero attached hydrogens (tertiary/aromatic N) is 2. The number of nitrogens with two attached hydrogens (primary N) is 1. The molecule has 4 nitrogen and oxygen atoms in total. The van der Waals surface area contributed by atoms with Crippen LogP contribution in [0.3, 0.4) is 0 Å². The number of hydrogen-bond donors (Lipinski definition) is 2. The third kappa shape index (κ3) is 4.19. The van der Waals surface area contributed by atoms with Gasteiger partial charge in [0.25, 0.3) is 0 Å². The first kappa shape index (κ1) is 16.7. The van der Waals surface area contributed by atoms with E-state index in [1.165, 1.54) is 5.56 Å². The predicted molar refractivity (Wildman–Crippen MR) is 90.8 cm³/mol. The number of benzene rings is 1. The molecule has 1 aromatic carbocycles. The molecule has 1 saturated heterocycles. The SMILES string of the molecule is Cl.Nc1cccc(CC2CN(Cc3ccccc3)CC2O)n1. The van der Waals surface area contributed by atoms with Crippen molar-refractivity contribution >= 4 is 18.2 Å². The van der Waals surface area contributed by atoms with Crippen molar-refractivity contribution in [1.82, 2.24) is 9.88 Å². The quantitative estimate of drug-likeness (QED) is 0.906. The molecule has 1 aliphatic heterocycles. The molecule has 1 aliphatic rings. The summed E-state index contributed by atoms with van der Waals surface area (Å²) in [7, 11) is 0. The van der Waals surface area contributed by atoms with Crippen molar-refractivity contribution in [2.75, 3.05) is 18.8 Å². The fraction of sp³-hybridized carbons (Fsp3) is 0.353. The number of aliphatic hydroxyl groups is 1. The fourth-order valence-electron chi connectivity index (χ4n) is 2.99. The van der Waals surface area contributed by atoms with Crippen molar-refractivity contribution in [2.45, 2.75) is 19.1 Å². The van der Waals surface area contributed by atoms with E-state index < -0.39 is 0 Å². The maximum Gasteiger partial charge on any atom is 0.123 e. The molecular weight excluding hydrogens is 298 g/mol. The highest BCUT2D eigenvalue weighted by Gasteiger charge is 2.31. The Balaban J connectivity index is 0.00000176. The molecular formula is C17H22ClN3O. The number of likely N-dealkylation sites (tertiary alicyclic amines) is 1. The van der Waals surface area contributed by atoms with Crippen LogP contribution in [0.1, 0.15) is 11.3 Å². The molecule has 1 fully saturated rings. The van der Waals surface area contributed by atoms with E-state index >= 15 is 0 Å². The van der Waals surface area contributed by atoms with Gasteiger partial charge < -0.3 is 10.8 Å². The Morgan fingerprint density at radius 1 is 1.09 bits per heavy atom. The smallest absolute Gasteiger partial charge is 0.123 e. The van der Waals surface area contributed by atoms with Crippen LogP contribution in [-0.4, -0.2) is 34.2 Å². The number of pyridine rings is 1. The minimum atomic E-state index is -0.294. The molecule has 3 N–H and O–H groups in total. The van der Waals surface area contributed by atoms with Gasteiger partial charge in [0, 0.05) is 31.2 Å². The second-order valence-electron chi connectivity index (χ2n) is 5.77. The Labute approximate surface area is 137 Å². The normalized spacial score (nSPS) is 21.5. The maximum atomic E-state index is 10.3. The van der Waals surface area contributed by atoms with Crippen molar-refractivity contribution in [3.63, 3.8) is 0 Å². The topological polar surface area (TPSA) is 62.4 Å². The van der Waals surface area contributed by atoms with E-state index in [4.69, 9.17) is 5.73 Å². The van der Waals surface area contributed by atoms with Crippen LogP contribution in [0.15, 0.2) is 48.5 Å². The Morgan fingerprint density at radius 2 is 1.86 bits per heavy atom. The summed E-state index contributed by atoms with van der Waals surface area (Å²) in [6.45, 7) is 2.51. The zero-order valence-electron chi connectivity index (χ0n) is 12.4. The molecule has 22 heavy (non-hydrogen) atoms. The van der Waals surface area contributed by atoms with Crippen molar-refractivity contribution < 1.29 is 5.11 Å². The summed E-state index contributed by atoms with van der Waals surface area (Å²) in [6, 6.07) is 16.1. The van der Waals surface area contributed by atoms with Gasteiger partial charge in [-0.05, 0) is 24.1 Å². The van der Waals surface area contributed by atoms with Crippen LogP contribution in [0.2, 0.25) is 0 Å². The van der Waals surface area contributed by atoms with E-state index in [9.17, 15) is 5.11 Å². The molecule has 118 valence electrons. The summed E-state index contributed by atoms with van der Waals surface area (Å²) < 4.78 is 0. The minimum Gasteiger partial charge on any atom is -0.391 e. The van der Waals surface area contributed by atoms with E-state index in [0.717, 1.165) is 31.7 Å². The number of aromatic nitrogens is 1. The zero-order valence-corrected chi connectivity index (χ0v) is 13.2. The highest BCUT2D eigenvalue weighted by atomic mass is 35.5. The number of β-amino-alcohol motifs (C(OH)–C–C–N with tert-alkyl or cyclic N) is 1. The van der Waals surface area contributed by atoms with Gasteiger partial charge >= 0.3 is 0 Å². The van der Waals surface area contributed by atoms with Gasteiger partial charge in [0.05, 0.1) is 6.10 Å². The molecule has 0 aliphatic carbocycles. The predicted octanol–water partition coefficient (Wildman–Crippen LogP) is 2.12. The highest BCUT2D eigenvalue weighted by Crippen LogP contribution is 2.22. The van der Waals surface area contributed by atoms with E-state index in [2.05, 4.69) is 34.1 Å². The summed E-state index contributed by atoms with van der Waals surface area (Å²) in [5, 5.41) is 10.3. The van der Waals surface area contributed by atoms with Crippen LogP contribution in [0.5, 0.6) is 0 Å². The van der Waals surface area contributed by atoms with E-state index in [1.807, 2.05) is 18.2 Å². The number of aliphatic hydroxyl groups excluding tert-OH is 1. The van der Waals surface area contributed by atoms with E-state index in [1.54, 1.807) is 6.07 Å².